The number of nitrogens with one attached hydrogen (secondary N) is 1. The molecule has 0 bridgehead atoms. The third kappa shape index (κ3) is 3.91. The molecular formula is C26H22FN3O3. The van der Waals surface area contributed by atoms with E-state index < -0.39 is 17.8 Å². The highest BCUT2D eigenvalue weighted by atomic mass is 19.1. The van der Waals surface area contributed by atoms with E-state index in [1.54, 1.807) is 10.6 Å². The minimum Gasteiger partial charge on any atom is -0.392 e. The van der Waals surface area contributed by atoms with Crippen molar-refractivity contribution in [2.75, 3.05) is 5.32 Å². The average Bonchev–Trinajstić information content (AvgIpc) is 3.35. The lowest BCUT2D eigenvalue weighted by atomic mass is 9.91. The van der Waals surface area contributed by atoms with Crippen molar-refractivity contribution in [1.29, 1.82) is 0 Å². The fourth-order valence-corrected chi connectivity index (χ4v) is 4.45. The first-order valence-electron chi connectivity index (χ1n) is 10.7. The number of anilines is 1. The number of halogens is 1. The van der Waals surface area contributed by atoms with Crippen LogP contribution >= 0.6 is 0 Å². The molecule has 1 aliphatic carbocycles. The van der Waals surface area contributed by atoms with Crippen LogP contribution in [-0.2, 0) is 6.42 Å². The number of aliphatic hydroxyl groups excluding tert-OH is 1. The molecule has 2 atom stereocenters. The summed E-state index contributed by atoms with van der Waals surface area (Å²) >= 11 is 0. The Kier molecular flexibility index (Phi) is 5.26. The smallest absolute Gasteiger partial charge is 0.274 e. The molecule has 0 spiro atoms. The number of rotatable bonds is 5. The number of aromatic nitrogens is 2. The summed E-state index contributed by atoms with van der Waals surface area (Å²) in [7, 11) is 0. The van der Waals surface area contributed by atoms with Gasteiger partial charge >= 0.3 is 0 Å². The number of hydrogen-bond donors (Lipinski definition) is 2. The maximum Gasteiger partial charge on any atom is 0.274 e. The second-order valence-electron chi connectivity index (χ2n) is 8.43. The summed E-state index contributed by atoms with van der Waals surface area (Å²) in [4.78, 5) is 30.0. The van der Waals surface area contributed by atoms with Gasteiger partial charge < -0.3 is 10.4 Å². The summed E-state index contributed by atoms with van der Waals surface area (Å²) in [5, 5.41) is 13.0. The molecule has 2 heterocycles. The number of aryl methyl sites for hydroxylation is 1. The number of fused-ring (bicyclic) bond motifs is 2. The lowest BCUT2D eigenvalue weighted by molar-refractivity contribution is 0.0920. The monoisotopic (exact) mass is 443 g/mol. The number of Topliss-reactive ketones (excluding diaryl/α,β-unsaturated/α-hetero) is 1. The van der Waals surface area contributed by atoms with E-state index in [1.165, 1.54) is 24.4 Å². The van der Waals surface area contributed by atoms with Crippen molar-refractivity contribution >= 4 is 23.0 Å². The Labute approximate surface area is 189 Å². The predicted octanol–water partition coefficient (Wildman–Crippen LogP) is 4.31. The topological polar surface area (TPSA) is 83.7 Å². The number of hydrogen-bond acceptors (Lipinski definition) is 4. The zero-order valence-corrected chi connectivity index (χ0v) is 18.0. The number of aliphatic hydroxyl groups is 1. The fourth-order valence-electron chi connectivity index (χ4n) is 4.45. The molecular weight excluding hydrogens is 421 g/mol. The van der Waals surface area contributed by atoms with Crippen LogP contribution in [0, 0.1) is 12.7 Å². The normalized spacial score (nSPS) is 17.2. The van der Waals surface area contributed by atoms with Crippen molar-refractivity contribution in [2.45, 2.75) is 31.8 Å². The molecule has 0 saturated carbocycles. The first kappa shape index (κ1) is 21.0. The number of amides is 1. The van der Waals surface area contributed by atoms with Gasteiger partial charge in [-0.05, 0) is 60.4 Å². The number of benzene rings is 2. The van der Waals surface area contributed by atoms with E-state index in [0.29, 0.717) is 12.1 Å². The Morgan fingerprint density at radius 3 is 2.85 bits per heavy atom. The Bertz CT molecular complexity index is 1390. The van der Waals surface area contributed by atoms with E-state index in [4.69, 9.17) is 0 Å². The van der Waals surface area contributed by atoms with Gasteiger partial charge in [-0.15, -0.1) is 0 Å². The highest BCUT2D eigenvalue weighted by Crippen LogP contribution is 2.36. The van der Waals surface area contributed by atoms with Crippen LogP contribution < -0.4 is 5.32 Å². The van der Waals surface area contributed by atoms with Gasteiger partial charge in [-0.3, -0.25) is 14.0 Å². The number of carbonyl (C=O) groups is 2. The summed E-state index contributed by atoms with van der Waals surface area (Å²) < 4.78 is 16.1. The number of nitrogens with zero attached hydrogens (tertiary/aromatic N) is 2. The van der Waals surface area contributed by atoms with Crippen LogP contribution in [0.2, 0.25) is 0 Å². The molecule has 0 fully saturated rings. The quantitative estimate of drug-likeness (QED) is 0.451. The van der Waals surface area contributed by atoms with Crippen LogP contribution in [0.25, 0.3) is 5.65 Å². The standard InChI is InChI=1S/C26H22FN3O3/c1-15-8-9-30-22(14-28-25(30)10-15)26(33)29-21-11-17(6-7-20(21)27)23(31)13-19-18-5-3-2-4-16(18)12-24(19)32/h2-11,14,19,24,32H,12-13H2,1H3,(H,29,33)/t19-,24+/m1/s1. The highest BCUT2D eigenvalue weighted by Gasteiger charge is 2.32. The van der Waals surface area contributed by atoms with Gasteiger partial charge in [-0.2, -0.15) is 0 Å². The van der Waals surface area contributed by atoms with Crippen molar-refractivity contribution in [3.63, 3.8) is 0 Å². The van der Waals surface area contributed by atoms with Gasteiger partial charge in [-0.1, -0.05) is 24.3 Å². The molecule has 166 valence electrons. The Hall–Kier alpha value is -3.84. The zero-order valence-electron chi connectivity index (χ0n) is 18.0. The molecule has 0 unspecified atom stereocenters. The summed E-state index contributed by atoms with van der Waals surface area (Å²) in [6.45, 7) is 1.93. The molecule has 2 N–H and O–H groups in total. The van der Waals surface area contributed by atoms with Crippen LogP contribution in [0.1, 0.15) is 49.9 Å². The lowest BCUT2D eigenvalue weighted by Gasteiger charge is -2.15. The van der Waals surface area contributed by atoms with Crippen molar-refractivity contribution in [1.82, 2.24) is 9.38 Å². The van der Waals surface area contributed by atoms with Crippen LogP contribution in [0.4, 0.5) is 10.1 Å². The molecule has 7 heteroatoms. The van der Waals surface area contributed by atoms with Crippen LogP contribution in [-0.4, -0.2) is 32.3 Å². The van der Waals surface area contributed by atoms with Gasteiger partial charge in [0.25, 0.3) is 5.91 Å². The van der Waals surface area contributed by atoms with Gasteiger partial charge in [0.05, 0.1) is 18.0 Å². The highest BCUT2D eigenvalue weighted by molar-refractivity contribution is 6.05. The van der Waals surface area contributed by atoms with Crippen LogP contribution in [0.5, 0.6) is 0 Å². The first-order valence-corrected chi connectivity index (χ1v) is 10.7. The molecule has 5 rings (SSSR count). The van der Waals surface area contributed by atoms with E-state index in [0.717, 1.165) is 16.7 Å². The van der Waals surface area contributed by atoms with E-state index >= 15 is 0 Å². The van der Waals surface area contributed by atoms with Gasteiger partial charge in [0.15, 0.2) is 5.78 Å². The van der Waals surface area contributed by atoms with Gasteiger partial charge in [-0.25, -0.2) is 9.37 Å². The van der Waals surface area contributed by atoms with Crippen LogP contribution in [0.15, 0.2) is 67.0 Å². The first-order chi connectivity index (χ1) is 15.9. The zero-order chi connectivity index (χ0) is 23.1. The van der Waals surface area contributed by atoms with E-state index in [1.807, 2.05) is 43.3 Å². The Balaban J connectivity index is 1.37. The number of ketones is 1. The van der Waals surface area contributed by atoms with Gasteiger partial charge in [0, 0.05) is 24.1 Å². The minimum atomic E-state index is -0.643. The molecule has 33 heavy (non-hydrogen) atoms. The van der Waals surface area contributed by atoms with Crippen molar-refractivity contribution in [2.24, 2.45) is 0 Å². The summed E-state index contributed by atoms with van der Waals surface area (Å²) in [5.41, 5.74) is 4.08. The minimum absolute atomic E-state index is 0.0831. The lowest BCUT2D eigenvalue weighted by Crippen LogP contribution is -2.18. The van der Waals surface area contributed by atoms with Crippen molar-refractivity contribution in [3.05, 3.63) is 101 Å². The maximum atomic E-state index is 14.5. The molecule has 6 nitrogen and oxygen atoms in total. The second kappa shape index (κ2) is 8.26. The molecule has 0 aliphatic heterocycles. The van der Waals surface area contributed by atoms with Gasteiger partial charge in [0.1, 0.15) is 17.2 Å². The second-order valence-corrected chi connectivity index (χ2v) is 8.43. The van der Waals surface area contributed by atoms with E-state index in [-0.39, 0.29) is 35.1 Å². The number of imidazole rings is 1. The predicted molar refractivity (Wildman–Crippen MR) is 122 cm³/mol. The van der Waals surface area contributed by atoms with E-state index in [9.17, 15) is 19.1 Å². The third-order valence-electron chi connectivity index (χ3n) is 6.19. The van der Waals surface area contributed by atoms with Crippen molar-refractivity contribution in [3.8, 4) is 0 Å². The summed E-state index contributed by atoms with van der Waals surface area (Å²) in [5.74, 6) is -1.71. The molecule has 1 aliphatic rings. The fraction of sp³-hybridized carbons (Fsp3) is 0.192. The molecule has 4 aromatic rings. The Morgan fingerprint density at radius 2 is 2.00 bits per heavy atom. The third-order valence-corrected chi connectivity index (χ3v) is 6.19. The molecule has 2 aromatic heterocycles. The molecule has 0 radical (unpaired) electrons. The molecule has 0 saturated heterocycles. The number of pyridine rings is 1. The molecule has 2 aromatic carbocycles. The van der Waals surface area contributed by atoms with Crippen LogP contribution in [0.3, 0.4) is 0 Å². The SMILES string of the molecule is Cc1ccn2c(C(=O)Nc3cc(C(=O)C[C@@H]4c5ccccc5C[C@@H]4O)ccc3F)cnc2c1. The van der Waals surface area contributed by atoms with E-state index in [2.05, 4.69) is 10.3 Å². The summed E-state index contributed by atoms with van der Waals surface area (Å²) in [6, 6.07) is 15.3. The molecule has 1 amide bonds. The van der Waals surface area contributed by atoms with Gasteiger partial charge in [0.2, 0.25) is 0 Å². The number of carbonyl (C=O) groups excluding carboxylic acids is 2. The average molecular weight is 443 g/mol. The maximum absolute atomic E-state index is 14.5. The van der Waals surface area contributed by atoms with Crippen molar-refractivity contribution < 1.29 is 19.1 Å². The largest absolute Gasteiger partial charge is 0.392 e. The summed E-state index contributed by atoms with van der Waals surface area (Å²) in [6.07, 6.45) is 3.13. The Morgan fingerprint density at radius 1 is 1.18 bits per heavy atom.